The lowest BCUT2D eigenvalue weighted by Gasteiger charge is -2.22. The van der Waals surface area contributed by atoms with E-state index in [1.165, 1.54) is 0 Å². The van der Waals surface area contributed by atoms with Crippen LogP contribution in [0.3, 0.4) is 0 Å². The minimum absolute atomic E-state index is 0.186. The quantitative estimate of drug-likeness (QED) is 0.561. The van der Waals surface area contributed by atoms with Crippen molar-refractivity contribution >= 4 is 6.34 Å². The van der Waals surface area contributed by atoms with Gasteiger partial charge in [-0.3, -0.25) is 5.01 Å². The fraction of sp³-hybridized carbons (Fsp3) is 0.333. The number of nitrogens with one attached hydrogen (secondary N) is 1. The van der Waals surface area contributed by atoms with E-state index in [9.17, 15) is 0 Å². The van der Waals surface area contributed by atoms with E-state index in [4.69, 9.17) is 5.26 Å². The molecule has 0 spiro atoms. The molecular formula is C6H8N4. The molecule has 0 saturated heterocycles. The first kappa shape index (κ1) is 6.62. The topological polar surface area (TPSA) is 51.4 Å². The number of rotatable bonds is 1. The van der Waals surface area contributed by atoms with Crippen molar-refractivity contribution in [1.29, 1.82) is 5.26 Å². The molecule has 1 rings (SSSR count). The molecule has 0 saturated carbocycles. The molecule has 1 aliphatic heterocycles. The van der Waals surface area contributed by atoms with Gasteiger partial charge in [-0.2, -0.15) is 5.26 Å². The third kappa shape index (κ3) is 1.26. The summed E-state index contributed by atoms with van der Waals surface area (Å²) in [6, 6.07) is 1.89. The molecule has 0 fully saturated rings. The van der Waals surface area contributed by atoms with Gasteiger partial charge in [-0.15, -0.1) is 0 Å². The maximum absolute atomic E-state index is 8.47. The number of hydrazine groups is 1. The van der Waals surface area contributed by atoms with Crippen LogP contribution in [0.2, 0.25) is 0 Å². The third-order valence-corrected chi connectivity index (χ3v) is 1.18. The van der Waals surface area contributed by atoms with E-state index in [1.807, 2.05) is 0 Å². The number of nitriles is 1. The van der Waals surface area contributed by atoms with Crippen molar-refractivity contribution in [2.45, 2.75) is 13.0 Å². The Morgan fingerprint density at radius 2 is 2.60 bits per heavy atom. The number of hydrogen-bond acceptors (Lipinski definition) is 4. The second kappa shape index (κ2) is 2.87. The number of nitrogens with zero attached hydrogens (tertiary/aromatic N) is 3. The Labute approximate surface area is 59.4 Å². The lowest BCUT2D eigenvalue weighted by atomic mass is 10.4. The molecule has 0 aromatic heterocycles. The van der Waals surface area contributed by atoms with Crippen LogP contribution < -0.4 is 5.43 Å². The molecule has 1 N–H and O–H groups in total. The molecule has 0 bridgehead atoms. The van der Waals surface area contributed by atoms with Crippen LogP contribution in [-0.2, 0) is 0 Å². The first-order chi connectivity index (χ1) is 4.84. The van der Waals surface area contributed by atoms with Crippen LogP contribution in [0.4, 0.5) is 0 Å². The highest BCUT2D eigenvalue weighted by Gasteiger charge is 2.07. The van der Waals surface area contributed by atoms with Gasteiger partial charge in [0, 0.05) is 12.4 Å². The number of aliphatic imine (C=N–C) groups is 1. The highest BCUT2D eigenvalue weighted by atomic mass is 15.5. The average molecular weight is 136 g/mol. The molecule has 4 heteroatoms. The van der Waals surface area contributed by atoms with Gasteiger partial charge in [0.2, 0.25) is 0 Å². The second-order valence-electron chi connectivity index (χ2n) is 1.92. The zero-order valence-corrected chi connectivity index (χ0v) is 5.65. The van der Waals surface area contributed by atoms with Gasteiger partial charge in [0.05, 0.1) is 6.07 Å². The Hall–Kier alpha value is -1.50. The van der Waals surface area contributed by atoms with Crippen LogP contribution in [0.5, 0.6) is 0 Å². The Bertz CT molecular complexity index is 200. The summed E-state index contributed by atoms with van der Waals surface area (Å²) < 4.78 is 0. The van der Waals surface area contributed by atoms with E-state index in [-0.39, 0.29) is 6.04 Å². The molecule has 0 amide bonds. The van der Waals surface area contributed by atoms with Crippen molar-refractivity contribution in [3.05, 3.63) is 12.4 Å². The van der Waals surface area contributed by atoms with Crippen molar-refractivity contribution in [2.75, 3.05) is 0 Å². The fourth-order valence-corrected chi connectivity index (χ4v) is 0.580. The van der Waals surface area contributed by atoms with Crippen LogP contribution in [0.1, 0.15) is 6.92 Å². The van der Waals surface area contributed by atoms with E-state index in [1.54, 1.807) is 30.7 Å². The molecule has 0 aliphatic carbocycles. The molecule has 4 nitrogen and oxygen atoms in total. The average Bonchev–Trinajstić information content (AvgIpc) is 2.05. The summed E-state index contributed by atoms with van der Waals surface area (Å²) in [6.07, 6.45) is 4.88. The zero-order chi connectivity index (χ0) is 7.40. The summed E-state index contributed by atoms with van der Waals surface area (Å²) in [5.74, 6) is 0. The molecule has 10 heavy (non-hydrogen) atoms. The van der Waals surface area contributed by atoms with Crippen molar-refractivity contribution < 1.29 is 0 Å². The Kier molecular flexibility index (Phi) is 1.90. The highest BCUT2D eigenvalue weighted by Crippen LogP contribution is 1.93. The SMILES string of the molecule is CC(C#N)N1C=NC=CN1. The lowest BCUT2D eigenvalue weighted by molar-refractivity contribution is 0.331. The molecule has 0 aromatic carbocycles. The van der Waals surface area contributed by atoms with Gasteiger partial charge in [-0.25, -0.2) is 4.99 Å². The molecule has 1 unspecified atom stereocenters. The minimum atomic E-state index is -0.186. The summed E-state index contributed by atoms with van der Waals surface area (Å²) in [5, 5.41) is 10.1. The van der Waals surface area contributed by atoms with Crippen LogP contribution >= 0.6 is 0 Å². The largest absolute Gasteiger partial charge is 0.302 e. The van der Waals surface area contributed by atoms with E-state index in [0.717, 1.165) is 0 Å². The lowest BCUT2D eigenvalue weighted by Crippen LogP contribution is -2.40. The van der Waals surface area contributed by atoms with Crippen LogP contribution in [0, 0.1) is 11.3 Å². The Balaban J connectivity index is 2.52. The summed E-state index contributed by atoms with van der Waals surface area (Å²) in [5.41, 5.74) is 2.85. The van der Waals surface area contributed by atoms with Crippen molar-refractivity contribution in [1.82, 2.24) is 10.4 Å². The summed E-state index contributed by atoms with van der Waals surface area (Å²) in [7, 11) is 0. The first-order valence-electron chi connectivity index (χ1n) is 2.97. The molecule has 1 aliphatic rings. The molecule has 52 valence electrons. The van der Waals surface area contributed by atoms with Crippen LogP contribution in [-0.4, -0.2) is 17.4 Å². The fourth-order valence-electron chi connectivity index (χ4n) is 0.580. The normalized spacial score (nSPS) is 17.8. The van der Waals surface area contributed by atoms with Gasteiger partial charge in [-0.1, -0.05) is 0 Å². The standard InChI is InChI=1S/C6H8N4/c1-6(4-7)10-5-8-2-3-9-10/h2-3,5-6,9H,1H3. The van der Waals surface area contributed by atoms with E-state index >= 15 is 0 Å². The van der Waals surface area contributed by atoms with Gasteiger partial charge < -0.3 is 5.43 Å². The van der Waals surface area contributed by atoms with Gasteiger partial charge in [0.25, 0.3) is 0 Å². The van der Waals surface area contributed by atoms with Gasteiger partial charge >= 0.3 is 0 Å². The molecular weight excluding hydrogens is 128 g/mol. The van der Waals surface area contributed by atoms with Crippen molar-refractivity contribution in [3.63, 3.8) is 0 Å². The predicted molar refractivity (Wildman–Crippen MR) is 37.7 cm³/mol. The molecule has 1 atom stereocenters. The second-order valence-corrected chi connectivity index (χ2v) is 1.92. The molecule has 1 heterocycles. The number of hydrogen-bond donors (Lipinski definition) is 1. The predicted octanol–water partition coefficient (Wildman–Crippen LogP) is 0.218. The van der Waals surface area contributed by atoms with Gasteiger partial charge in [-0.05, 0) is 6.92 Å². The van der Waals surface area contributed by atoms with Gasteiger partial charge in [0.15, 0.2) is 0 Å². The van der Waals surface area contributed by atoms with Crippen LogP contribution in [0.15, 0.2) is 17.4 Å². The first-order valence-corrected chi connectivity index (χ1v) is 2.97. The van der Waals surface area contributed by atoms with E-state index in [0.29, 0.717) is 0 Å². The molecule has 0 aromatic rings. The summed E-state index contributed by atoms with van der Waals surface area (Å²) in [4.78, 5) is 3.83. The monoisotopic (exact) mass is 136 g/mol. The maximum atomic E-state index is 8.47. The van der Waals surface area contributed by atoms with Crippen molar-refractivity contribution in [3.8, 4) is 6.07 Å². The van der Waals surface area contributed by atoms with E-state index in [2.05, 4.69) is 16.5 Å². The molecule has 0 radical (unpaired) electrons. The van der Waals surface area contributed by atoms with E-state index < -0.39 is 0 Å². The van der Waals surface area contributed by atoms with Crippen LogP contribution in [0.25, 0.3) is 0 Å². The Morgan fingerprint density at radius 3 is 3.10 bits per heavy atom. The third-order valence-electron chi connectivity index (χ3n) is 1.18. The summed E-state index contributed by atoms with van der Waals surface area (Å²) in [6.45, 7) is 1.79. The minimum Gasteiger partial charge on any atom is -0.302 e. The van der Waals surface area contributed by atoms with Crippen molar-refractivity contribution in [2.24, 2.45) is 4.99 Å². The smallest absolute Gasteiger partial charge is 0.135 e. The maximum Gasteiger partial charge on any atom is 0.135 e. The summed E-state index contributed by atoms with van der Waals surface area (Å²) >= 11 is 0. The van der Waals surface area contributed by atoms with Gasteiger partial charge in [0.1, 0.15) is 12.4 Å². The highest BCUT2D eigenvalue weighted by molar-refractivity contribution is 5.57. The Morgan fingerprint density at radius 1 is 1.80 bits per heavy atom. The zero-order valence-electron chi connectivity index (χ0n) is 5.65.